The molecule has 2 amide bonds. The number of hydrogen-bond acceptors (Lipinski definition) is 2. The first-order valence-corrected chi connectivity index (χ1v) is 13.5. The van der Waals surface area contributed by atoms with E-state index in [-0.39, 0.29) is 46.7 Å². The number of carbonyl (C=O) groups excluding carboxylic acids is 2. The van der Waals surface area contributed by atoms with Crippen molar-refractivity contribution < 1.29 is 35.9 Å². The lowest BCUT2D eigenvalue weighted by Gasteiger charge is -2.64. The van der Waals surface area contributed by atoms with E-state index in [9.17, 15) is 35.9 Å². The van der Waals surface area contributed by atoms with Crippen molar-refractivity contribution in [2.24, 2.45) is 28.1 Å². The third-order valence-corrected chi connectivity index (χ3v) is 10.8. The lowest BCUT2D eigenvalue weighted by Crippen LogP contribution is -2.64. The molecule has 2 N–H and O–H groups in total. The van der Waals surface area contributed by atoms with E-state index in [1.54, 1.807) is 0 Å². The van der Waals surface area contributed by atoms with Crippen LogP contribution in [0.15, 0.2) is 18.2 Å². The maximum absolute atomic E-state index is 13.4. The van der Waals surface area contributed by atoms with Crippen molar-refractivity contribution in [3.8, 4) is 0 Å². The predicted octanol–water partition coefficient (Wildman–Crippen LogP) is 6.74. The average molecular weight is 545 g/mol. The van der Waals surface area contributed by atoms with Gasteiger partial charge in [-0.25, -0.2) is 0 Å². The van der Waals surface area contributed by atoms with Crippen molar-refractivity contribution in [3.05, 3.63) is 34.9 Å². The smallest absolute Gasteiger partial charge is 0.353 e. The van der Waals surface area contributed by atoms with E-state index in [0.29, 0.717) is 24.5 Å². The zero-order valence-corrected chi connectivity index (χ0v) is 21.6. The maximum Gasteiger partial charge on any atom is 0.416 e. The number of hydrogen-bond donors (Lipinski definition) is 2. The van der Waals surface area contributed by atoms with Crippen molar-refractivity contribution >= 4 is 11.8 Å². The summed E-state index contributed by atoms with van der Waals surface area (Å²) in [5, 5.41) is 5.98. The van der Waals surface area contributed by atoms with Gasteiger partial charge in [0.05, 0.1) is 11.1 Å². The Kier molecular flexibility index (Phi) is 6.38. The third kappa shape index (κ3) is 4.30. The molecule has 0 radical (unpaired) electrons. The number of piperidine rings is 1. The van der Waals surface area contributed by atoms with Gasteiger partial charge in [0.2, 0.25) is 5.91 Å². The first kappa shape index (κ1) is 27.3. The first-order chi connectivity index (χ1) is 17.6. The summed E-state index contributed by atoms with van der Waals surface area (Å²) in [7, 11) is 0. The molecule has 210 valence electrons. The molecule has 0 unspecified atom stereocenters. The topological polar surface area (TPSA) is 58.2 Å². The Balaban J connectivity index is 1.44. The fourth-order valence-corrected chi connectivity index (χ4v) is 8.72. The summed E-state index contributed by atoms with van der Waals surface area (Å²) in [6.45, 7) is 4.69. The van der Waals surface area contributed by atoms with Crippen molar-refractivity contribution in [2.45, 2.75) is 90.0 Å². The van der Waals surface area contributed by atoms with Gasteiger partial charge in [-0.2, -0.15) is 26.3 Å². The predicted molar refractivity (Wildman–Crippen MR) is 128 cm³/mol. The van der Waals surface area contributed by atoms with Gasteiger partial charge in [-0.15, -0.1) is 0 Å². The molecule has 3 saturated carbocycles. The van der Waals surface area contributed by atoms with E-state index in [2.05, 4.69) is 24.5 Å². The van der Waals surface area contributed by atoms with Gasteiger partial charge in [0, 0.05) is 24.6 Å². The van der Waals surface area contributed by atoms with Crippen molar-refractivity contribution in [3.63, 3.8) is 0 Å². The molecule has 0 spiro atoms. The van der Waals surface area contributed by atoms with E-state index in [1.165, 1.54) is 0 Å². The van der Waals surface area contributed by atoms with Gasteiger partial charge >= 0.3 is 12.4 Å². The van der Waals surface area contributed by atoms with E-state index in [1.807, 2.05) is 0 Å². The van der Waals surface area contributed by atoms with Crippen LogP contribution < -0.4 is 10.6 Å². The molecule has 1 heterocycles. The molecule has 6 atom stereocenters. The number of nitrogens with one attached hydrogen (secondary N) is 2. The number of rotatable bonds is 3. The van der Waals surface area contributed by atoms with E-state index in [4.69, 9.17) is 0 Å². The molecular formula is C28H34F6N2O2. The minimum atomic E-state index is -5.01. The fraction of sp³-hybridized carbons (Fsp3) is 0.714. The number of alkyl halides is 6. The van der Waals surface area contributed by atoms with Gasteiger partial charge in [0.1, 0.15) is 0 Å². The summed E-state index contributed by atoms with van der Waals surface area (Å²) in [4.78, 5) is 25.2. The summed E-state index contributed by atoms with van der Waals surface area (Å²) in [6, 6.07) is 1.14. The molecule has 4 fully saturated rings. The summed E-state index contributed by atoms with van der Waals surface area (Å²) < 4.78 is 80.1. The molecule has 1 saturated heterocycles. The number of amides is 2. The van der Waals surface area contributed by atoms with Crippen molar-refractivity contribution in [1.29, 1.82) is 0 Å². The zero-order valence-electron chi connectivity index (χ0n) is 21.6. The fourth-order valence-electron chi connectivity index (χ4n) is 8.72. The minimum Gasteiger partial charge on any atom is -0.353 e. The van der Waals surface area contributed by atoms with Gasteiger partial charge in [-0.1, -0.05) is 20.3 Å². The van der Waals surface area contributed by atoms with Crippen molar-refractivity contribution in [2.75, 3.05) is 6.54 Å². The SMILES string of the molecule is C[C@]12CCC(=O)N[C@@H]1CC[C@@H]1[C@@H]2CC[C@]2(C)CCC[C@@]12CNC(=O)c1cc(C(F)(F)F)cc(C(F)(F)F)c1. The van der Waals surface area contributed by atoms with Crippen LogP contribution >= 0.6 is 0 Å². The number of carbonyl (C=O) groups is 2. The highest BCUT2D eigenvalue weighted by molar-refractivity contribution is 5.94. The Bertz CT molecular complexity index is 1100. The second-order valence-corrected chi connectivity index (χ2v) is 12.5. The molecule has 0 aromatic heterocycles. The third-order valence-electron chi connectivity index (χ3n) is 10.8. The molecule has 3 aliphatic carbocycles. The van der Waals surface area contributed by atoms with Crippen LogP contribution in [-0.4, -0.2) is 24.4 Å². The molecule has 4 aliphatic rings. The number of benzene rings is 1. The van der Waals surface area contributed by atoms with Gasteiger partial charge in [0.25, 0.3) is 5.91 Å². The van der Waals surface area contributed by atoms with Gasteiger partial charge in [-0.3, -0.25) is 9.59 Å². The summed E-state index contributed by atoms with van der Waals surface area (Å²) in [5.41, 5.74) is -4.07. The van der Waals surface area contributed by atoms with E-state index >= 15 is 0 Å². The highest BCUT2D eigenvalue weighted by atomic mass is 19.4. The Labute approximate surface area is 218 Å². The Hall–Kier alpha value is -2.26. The summed E-state index contributed by atoms with van der Waals surface area (Å²) >= 11 is 0. The zero-order chi connectivity index (χ0) is 27.7. The van der Waals surface area contributed by atoms with Gasteiger partial charge in [0.15, 0.2) is 0 Å². The minimum absolute atomic E-state index is 0.0390. The van der Waals surface area contributed by atoms with E-state index < -0.39 is 35.0 Å². The number of fused-ring (bicyclic) bond motifs is 5. The van der Waals surface area contributed by atoms with Crippen LogP contribution in [0.3, 0.4) is 0 Å². The second-order valence-electron chi connectivity index (χ2n) is 12.5. The summed E-state index contributed by atoms with van der Waals surface area (Å²) in [6.07, 6.45) is -2.28. The molecule has 0 bridgehead atoms. The van der Waals surface area contributed by atoms with Crippen LogP contribution in [0.4, 0.5) is 26.3 Å². The molecule has 4 nitrogen and oxygen atoms in total. The van der Waals surface area contributed by atoms with Crippen LogP contribution in [-0.2, 0) is 17.1 Å². The largest absolute Gasteiger partial charge is 0.416 e. The molecule has 1 aromatic carbocycles. The quantitative estimate of drug-likeness (QED) is 0.415. The molecule has 1 aromatic rings. The lowest BCUT2D eigenvalue weighted by atomic mass is 9.42. The monoisotopic (exact) mass is 544 g/mol. The highest BCUT2D eigenvalue weighted by Crippen LogP contribution is 2.69. The van der Waals surface area contributed by atoms with Crippen LogP contribution in [0.1, 0.15) is 93.1 Å². The Morgan fingerprint density at radius 3 is 2.21 bits per heavy atom. The lowest BCUT2D eigenvalue weighted by molar-refractivity contribution is -0.150. The molecule has 10 heteroatoms. The first-order valence-electron chi connectivity index (χ1n) is 13.5. The van der Waals surface area contributed by atoms with Gasteiger partial charge in [-0.05, 0) is 91.2 Å². The van der Waals surface area contributed by atoms with Crippen molar-refractivity contribution in [1.82, 2.24) is 10.6 Å². The Morgan fingerprint density at radius 2 is 1.58 bits per heavy atom. The number of halogens is 6. The van der Waals surface area contributed by atoms with Crippen LogP contribution in [0.2, 0.25) is 0 Å². The van der Waals surface area contributed by atoms with E-state index in [0.717, 1.165) is 51.4 Å². The second kappa shape index (κ2) is 8.88. The highest BCUT2D eigenvalue weighted by Gasteiger charge is 2.64. The summed E-state index contributed by atoms with van der Waals surface area (Å²) in [5.74, 6) is -0.256. The van der Waals surface area contributed by atoms with Crippen LogP contribution in [0.25, 0.3) is 0 Å². The molecule has 38 heavy (non-hydrogen) atoms. The molecule has 5 rings (SSSR count). The maximum atomic E-state index is 13.4. The van der Waals surface area contributed by atoms with Crippen LogP contribution in [0, 0.1) is 28.1 Å². The molecule has 1 aliphatic heterocycles. The van der Waals surface area contributed by atoms with Gasteiger partial charge < -0.3 is 10.6 Å². The molecular weight excluding hydrogens is 510 g/mol. The normalized spacial score (nSPS) is 37.1. The van der Waals surface area contributed by atoms with Crippen LogP contribution in [0.5, 0.6) is 0 Å². The average Bonchev–Trinajstić information content (AvgIpc) is 3.18. The standard InChI is InChI=1S/C28H34F6N2O2/c1-24-8-3-9-26(24,20-4-5-21-25(2,19(20)6-10-24)11-7-22(37)36-21)15-35-23(38)16-12-17(27(29,30)31)14-18(13-16)28(32,33)34/h12-14,19-21H,3-11,15H2,1-2H3,(H,35,38)(H,36,37)/t19-,20+,21+,24-,25+,26+/m0/s1. The Morgan fingerprint density at radius 1 is 0.921 bits per heavy atom.